The predicted octanol–water partition coefficient (Wildman–Crippen LogP) is 3.12. The Morgan fingerprint density at radius 1 is 1.25 bits per heavy atom. The van der Waals surface area contributed by atoms with Crippen molar-refractivity contribution in [2.24, 2.45) is 0 Å². The summed E-state index contributed by atoms with van der Waals surface area (Å²) in [7, 11) is 1.73. The summed E-state index contributed by atoms with van der Waals surface area (Å²) in [6, 6.07) is 7.49. The lowest BCUT2D eigenvalue weighted by Crippen LogP contribution is -2.33. The van der Waals surface area contributed by atoms with E-state index in [1.165, 1.54) is 0 Å². The van der Waals surface area contributed by atoms with Gasteiger partial charge >= 0.3 is 0 Å². The van der Waals surface area contributed by atoms with E-state index in [1.807, 2.05) is 24.3 Å². The highest BCUT2D eigenvalue weighted by Crippen LogP contribution is 2.38. The first kappa shape index (κ1) is 11.9. The first-order valence-corrected chi connectivity index (χ1v) is 6.03. The highest BCUT2D eigenvalue weighted by molar-refractivity contribution is 6.30. The van der Waals surface area contributed by atoms with E-state index in [0.29, 0.717) is 11.1 Å². The molecule has 1 aliphatic rings. The van der Waals surface area contributed by atoms with E-state index < -0.39 is 5.60 Å². The summed E-state index contributed by atoms with van der Waals surface area (Å²) in [5.41, 5.74) is 0.269. The zero-order chi connectivity index (χ0) is 11.6. The number of methoxy groups -OCH3 is 1. The van der Waals surface area contributed by atoms with Gasteiger partial charge in [-0.05, 0) is 43.4 Å². The van der Waals surface area contributed by atoms with Crippen LogP contribution in [0.4, 0.5) is 0 Å². The zero-order valence-electron chi connectivity index (χ0n) is 9.45. The van der Waals surface area contributed by atoms with Crippen molar-refractivity contribution in [2.75, 3.05) is 7.11 Å². The molecule has 1 saturated carbocycles. The van der Waals surface area contributed by atoms with E-state index in [2.05, 4.69) is 0 Å². The van der Waals surface area contributed by atoms with Crippen LogP contribution in [0.15, 0.2) is 24.3 Å². The molecule has 0 saturated heterocycles. The van der Waals surface area contributed by atoms with Gasteiger partial charge in [0.05, 0.1) is 11.7 Å². The number of hydrogen-bond acceptors (Lipinski definition) is 2. The summed E-state index contributed by atoms with van der Waals surface area (Å²) in [6.07, 6.45) is 3.64. The average molecular weight is 241 g/mol. The molecule has 1 aliphatic carbocycles. The third-order valence-corrected chi connectivity index (χ3v) is 3.73. The maximum absolute atomic E-state index is 10.5. The van der Waals surface area contributed by atoms with Crippen LogP contribution in [0.3, 0.4) is 0 Å². The van der Waals surface area contributed by atoms with Crippen molar-refractivity contribution in [3.63, 3.8) is 0 Å². The molecular weight excluding hydrogens is 224 g/mol. The van der Waals surface area contributed by atoms with Crippen LogP contribution in [0.25, 0.3) is 0 Å². The number of halogens is 1. The molecule has 0 aromatic heterocycles. The Bertz CT molecular complexity index is 339. The summed E-state index contributed by atoms with van der Waals surface area (Å²) >= 11 is 5.84. The Labute approximate surface area is 101 Å². The minimum absolute atomic E-state index is 0.299. The van der Waals surface area contributed by atoms with Gasteiger partial charge in [0.2, 0.25) is 0 Å². The Morgan fingerprint density at radius 2 is 1.81 bits per heavy atom. The van der Waals surface area contributed by atoms with E-state index in [1.54, 1.807) is 7.11 Å². The Hall–Kier alpha value is -0.570. The second-order valence-corrected chi connectivity index (χ2v) is 4.91. The van der Waals surface area contributed by atoms with Crippen molar-refractivity contribution in [2.45, 2.75) is 37.4 Å². The minimum Gasteiger partial charge on any atom is -0.385 e. The molecule has 2 rings (SSSR count). The summed E-state index contributed by atoms with van der Waals surface area (Å²) in [5.74, 6) is 0. The Morgan fingerprint density at radius 3 is 2.31 bits per heavy atom. The van der Waals surface area contributed by atoms with E-state index in [-0.39, 0.29) is 0 Å². The van der Waals surface area contributed by atoms with Crippen molar-refractivity contribution in [3.05, 3.63) is 34.9 Å². The molecular formula is C13H17ClO2. The largest absolute Gasteiger partial charge is 0.385 e. The van der Waals surface area contributed by atoms with Gasteiger partial charge in [0.25, 0.3) is 0 Å². The van der Waals surface area contributed by atoms with Gasteiger partial charge in [-0.2, -0.15) is 0 Å². The van der Waals surface area contributed by atoms with Gasteiger partial charge in [0, 0.05) is 12.1 Å². The molecule has 88 valence electrons. The quantitative estimate of drug-likeness (QED) is 0.861. The SMILES string of the molecule is COC1CCC(O)(c2ccc(Cl)cc2)CC1. The Balaban J connectivity index is 2.11. The molecule has 0 radical (unpaired) electrons. The molecule has 0 spiro atoms. The summed E-state index contributed by atoms with van der Waals surface area (Å²) in [5, 5.41) is 11.3. The number of rotatable bonds is 2. The topological polar surface area (TPSA) is 29.5 Å². The van der Waals surface area contributed by atoms with Gasteiger partial charge in [0.1, 0.15) is 0 Å². The lowest BCUT2D eigenvalue weighted by Gasteiger charge is -2.35. The lowest BCUT2D eigenvalue weighted by molar-refractivity contribution is -0.0474. The van der Waals surface area contributed by atoms with Crippen LogP contribution < -0.4 is 0 Å². The van der Waals surface area contributed by atoms with Gasteiger partial charge < -0.3 is 9.84 Å². The third-order valence-electron chi connectivity index (χ3n) is 3.47. The minimum atomic E-state index is -0.695. The second kappa shape index (κ2) is 4.74. The van der Waals surface area contributed by atoms with Crippen LogP contribution in [0.1, 0.15) is 31.2 Å². The monoisotopic (exact) mass is 240 g/mol. The molecule has 0 aliphatic heterocycles. The fraction of sp³-hybridized carbons (Fsp3) is 0.538. The Kier molecular flexibility index (Phi) is 3.53. The summed E-state index contributed by atoms with van der Waals surface area (Å²) in [4.78, 5) is 0. The van der Waals surface area contributed by atoms with Crippen molar-refractivity contribution in [1.82, 2.24) is 0 Å². The highest BCUT2D eigenvalue weighted by Gasteiger charge is 2.34. The fourth-order valence-electron chi connectivity index (χ4n) is 2.35. The molecule has 1 aromatic carbocycles. The van der Waals surface area contributed by atoms with E-state index >= 15 is 0 Å². The number of aliphatic hydroxyl groups is 1. The van der Waals surface area contributed by atoms with Gasteiger partial charge in [-0.15, -0.1) is 0 Å². The predicted molar refractivity (Wildman–Crippen MR) is 64.6 cm³/mol. The van der Waals surface area contributed by atoms with Crippen LogP contribution in [0.5, 0.6) is 0 Å². The molecule has 0 heterocycles. The van der Waals surface area contributed by atoms with Crippen LogP contribution >= 0.6 is 11.6 Å². The average Bonchev–Trinajstić information content (AvgIpc) is 2.31. The standard InChI is InChI=1S/C13H17ClO2/c1-16-12-6-8-13(15,9-7-12)10-2-4-11(14)5-3-10/h2-5,12,15H,6-9H2,1H3. The molecule has 16 heavy (non-hydrogen) atoms. The number of hydrogen-bond donors (Lipinski definition) is 1. The van der Waals surface area contributed by atoms with Gasteiger partial charge in [0.15, 0.2) is 0 Å². The van der Waals surface area contributed by atoms with Crippen molar-refractivity contribution in [3.8, 4) is 0 Å². The molecule has 0 unspecified atom stereocenters. The first-order valence-electron chi connectivity index (χ1n) is 5.65. The van der Waals surface area contributed by atoms with E-state index in [0.717, 1.165) is 31.2 Å². The van der Waals surface area contributed by atoms with Gasteiger partial charge in [-0.3, -0.25) is 0 Å². The first-order chi connectivity index (χ1) is 7.64. The van der Waals surface area contributed by atoms with Crippen LogP contribution in [0.2, 0.25) is 5.02 Å². The van der Waals surface area contributed by atoms with Crippen LogP contribution in [-0.2, 0) is 10.3 Å². The fourth-order valence-corrected chi connectivity index (χ4v) is 2.48. The van der Waals surface area contributed by atoms with Crippen molar-refractivity contribution in [1.29, 1.82) is 0 Å². The molecule has 0 amide bonds. The molecule has 0 atom stereocenters. The van der Waals surface area contributed by atoms with Crippen LogP contribution in [0, 0.1) is 0 Å². The molecule has 0 bridgehead atoms. The molecule has 1 N–H and O–H groups in total. The molecule has 1 fully saturated rings. The van der Waals surface area contributed by atoms with Gasteiger partial charge in [-0.25, -0.2) is 0 Å². The second-order valence-electron chi connectivity index (χ2n) is 4.47. The van der Waals surface area contributed by atoms with Gasteiger partial charge in [-0.1, -0.05) is 23.7 Å². The maximum atomic E-state index is 10.5. The maximum Gasteiger partial charge on any atom is 0.0898 e. The number of ether oxygens (including phenoxy) is 1. The van der Waals surface area contributed by atoms with Crippen LogP contribution in [-0.4, -0.2) is 18.3 Å². The molecule has 3 heteroatoms. The molecule has 1 aromatic rings. The summed E-state index contributed by atoms with van der Waals surface area (Å²) in [6.45, 7) is 0. The zero-order valence-corrected chi connectivity index (χ0v) is 10.2. The highest BCUT2D eigenvalue weighted by atomic mass is 35.5. The van der Waals surface area contributed by atoms with Crippen molar-refractivity contribution >= 4 is 11.6 Å². The van der Waals surface area contributed by atoms with E-state index in [4.69, 9.17) is 16.3 Å². The van der Waals surface area contributed by atoms with E-state index in [9.17, 15) is 5.11 Å². The summed E-state index contributed by atoms with van der Waals surface area (Å²) < 4.78 is 5.31. The number of benzene rings is 1. The third kappa shape index (κ3) is 2.40. The lowest BCUT2D eigenvalue weighted by atomic mass is 9.78. The normalized spacial score (nSPS) is 30.3. The van der Waals surface area contributed by atoms with Crippen molar-refractivity contribution < 1.29 is 9.84 Å². The molecule has 2 nitrogen and oxygen atoms in total. The smallest absolute Gasteiger partial charge is 0.0898 e.